The first-order valence-electron chi connectivity index (χ1n) is 12.7. The molecular formula is C26H39ClN4O6. The Labute approximate surface area is 223 Å². The second kappa shape index (κ2) is 15.4. The first-order valence-corrected chi connectivity index (χ1v) is 13.1. The Morgan fingerprint density at radius 3 is 2.43 bits per heavy atom. The van der Waals surface area contributed by atoms with Gasteiger partial charge in [0.1, 0.15) is 12.1 Å². The van der Waals surface area contributed by atoms with Gasteiger partial charge >= 0.3 is 6.09 Å². The summed E-state index contributed by atoms with van der Waals surface area (Å²) in [4.78, 5) is 56.7. The number of amides is 4. The van der Waals surface area contributed by atoms with Gasteiger partial charge in [0.15, 0.2) is 0 Å². The standard InChI is InChI=1S/C26H39ClN4O6/c1-30(15-14-19-10-7-11-20(27)16-19)23(32)13-12-21(25(34)31(2)37-3)28-24(33)22(29-26(35)36)17-18-8-5-4-6-9-18/h7,10-11,16,18,21-22,29H,4-6,8-9,12-15,17H2,1-3H3,(H,28,33)(H,35,36)/t21-,22-/m0/s1. The minimum Gasteiger partial charge on any atom is -0.465 e. The van der Waals surface area contributed by atoms with E-state index < -0.39 is 30.0 Å². The van der Waals surface area contributed by atoms with Gasteiger partial charge in [0, 0.05) is 32.1 Å². The van der Waals surface area contributed by atoms with Gasteiger partial charge in [-0.25, -0.2) is 9.86 Å². The fraction of sp³-hybridized carbons (Fsp3) is 0.615. The number of rotatable bonds is 13. The van der Waals surface area contributed by atoms with Gasteiger partial charge in [0.2, 0.25) is 11.8 Å². The van der Waals surface area contributed by atoms with E-state index in [1.165, 1.54) is 14.2 Å². The van der Waals surface area contributed by atoms with Crippen LogP contribution in [0.2, 0.25) is 5.02 Å². The Morgan fingerprint density at radius 1 is 1.11 bits per heavy atom. The van der Waals surface area contributed by atoms with Crippen LogP contribution in [0.1, 0.15) is 56.9 Å². The van der Waals surface area contributed by atoms with Crippen LogP contribution in [0.15, 0.2) is 24.3 Å². The maximum Gasteiger partial charge on any atom is 0.405 e. The lowest BCUT2D eigenvalue weighted by Gasteiger charge is -2.28. The van der Waals surface area contributed by atoms with Crippen LogP contribution in [0.25, 0.3) is 0 Å². The summed E-state index contributed by atoms with van der Waals surface area (Å²) in [6.45, 7) is 0.466. The number of carbonyl (C=O) groups is 4. The van der Waals surface area contributed by atoms with Gasteiger partial charge in [-0.1, -0.05) is 55.8 Å². The monoisotopic (exact) mass is 538 g/mol. The largest absolute Gasteiger partial charge is 0.465 e. The Balaban J connectivity index is 2.00. The molecule has 2 atom stereocenters. The molecule has 0 bridgehead atoms. The molecule has 37 heavy (non-hydrogen) atoms. The predicted octanol–water partition coefficient (Wildman–Crippen LogP) is 3.23. The topological polar surface area (TPSA) is 128 Å². The van der Waals surface area contributed by atoms with Gasteiger partial charge in [-0.3, -0.25) is 19.2 Å². The third-order valence-electron chi connectivity index (χ3n) is 6.80. The van der Waals surface area contributed by atoms with Crippen LogP contribution in [0.4, 0.5) is 4.79 Å². The van der Waals surface area contributed by atoms with Crippen molar-refractivity contribution in [3.63, 3.8) is 0 Å². The van der Waals surface area contributed by atoms with Crippen LogP contribution in [-0.4, -0.2) is 78.7 Å². The Morgan fingerprint density at radius 2 is 1.81 bits per heavy atom. The van der Waals surface area contributed by atoms with Crippen LogP contribution < -0.4 is 10.6 Å². The molecule has 2 rings (SSSR count). The number of nitrogens with zero attached hydrogens (tertiary/aromatic N) is 2. The van der Waals surface area contributed by atoms with Crippen molar-refractivity contribution in [1.82, 2.24) is 20.6 Å². The van der Waals surface area contributed by atoms with Crippen LogP contribution in [0.5, 0.6) is 0 Å². The van der Waals surface area contributed by atoms with E-state index in [4.69, 9.17) is 16.4 Å². The third kappa shape index (κ3) is 10.6. The summed E-state index contributed by atoms with van der Waals surface area (Å²) in [5.74, 6) is -1.06. The molecule has 1 saturated carbocycles. The molecule has 4 amide bonds. The van der Waals surface area contributed by atoms with Crippen molar-refractivity contribution in [3.8, 4) is 0 Å². The lowest BCUT2D eigenvalue weighted by Crippen LogP contribution is -2.54. The molecule has 10 nitrogen and oxygen atoms in total. The number of hydrogen-bond acceptors (Lipinski definition) is 5. The van der Waals surface area contributed by atoms with E-state index in [0.717, 1.165) is 42.7 Å². The zero-order valence-corrected chi connectivity index (χ0v) is 22.6. The van der Waals surface area contributed by atoms with Crippen molar-refractivity contribution < 1.29 is 29.1 Å². The Hall–Kier alpha value is -2.85. The molecule has 3 N–H and O–H groups in total. The average Bonchev–Trinajstić information content (AvgIpc) is 2.88. The highest BCUT2D eigenvalue weighted by Crippen LogP contribution is 2.27. The molecule has 0 spiro atoms. The van der Waals surface area contributed by atoms with Gasteiger partial charge in [-0.15, -0.1) is 0 Å². The lowest BCUT2D eigenvalue weighted by atomic mass is 9.84. The molecule has 0 aliphatic heterocycles. The highest BCUT2D eigenvalue weighted by Gasteiger charge is 2.31. The van der Waals surface area contributed by atoms with Crippen LogP contribution in [0.3, 0.4) is 0 Å². The highest BCUT2D eigenvalue weighted by molar-refractivity contribution is 6.30. The predicted molar refractivity (Wildman–Crippen MR) is 140 cm³/mol. The second-order valence-corrected chi connectivity index (χ2v) is 9.99. The number of carbonyl (C=O) groups excluding carboxylic acids is 3. The SMILES string of the molecule is CON(C)C(=O)[C@H](CCC(=O)N(C)CCc1cccc(Cl)c1)NC(=O)[C@H](CC1CCCCC1)NC(=O)O. The van der Waals surface area contributed by atoms with Crippen molar-refractivity contribution in [2.75, 3.05) is 27.7 Å². The molecular weight excluding hydrogens is 500 g/mol. The number of nitrogens with one attached hydrogen (secondary N) is 2. The molecule has 1 aliphatic carbocycles. The van der Waals surface area contributed by atoms with Gasteiger partial charge in [-0.2, -0.15) is 0 Å². The number of benzene rings is 1. The van der Waals surface area contributed by atoms with E-state index in [1.807, 2.05) is 18.2 Å². The maximum atomic E-state index is 13.1. The maximum absolute atomic E-state index is 13.1. The van der Waals surface area contributed by atoms with Gasteiger partial charge in [-0.05, 0) is 42.9 Å². The average molecular weight is 539 g/mol. The zero-order valence-electron chi connectivity index (χ0n) is 21.9. The molecule has 1 aromatic rings. The number of halogens is 1. The summed E-state index contributed by atoms with van der Waals surface area (Å²) in [5.41, 5.74) is 1.00. The summed E-state index contributed by atoms with van der Waals surface area (Å²) in [5, 5.41) is 15.8. The number of hydroxylamine groups is 2. The molecule has 0 radical (unpaired) electrons. The molecule has 206 valence electrons. The van der Waals surface area contributed by atoms with Gasteiger partial charge in [0.25, 0.3) is 5.91 Å². The van der Waals surface area contributed by atoms with E-state index in [1.54, 1.807) is 18.0 Å². The summed E-state index contributed by atoms with van der Waals surface area (Å²) in [6.07, 6.45) is 4.87. The van der Waals surface area contributed by atoms with E-state index in [9.17, 15) is 24.3 Å². The summed E-state index contributed by atoms with van der Waals surface area (Å²) in [6, 6.07) is 5.38. The molecule has 0 heterocycles. The van der Waals surface area contributed by atoms with E-state index in [0.29, 0.717) is 24.4 Å². The summed E-state index contributed by atoms with van der Waals surface area (Å²) < 4.78 is 0. The summed E-state index contributed by atoms with van der Waals surface area (Å²) in [7, 11) is 4.42. The van der Waals surface area contributed by atoms with Crippen molar-refractivity contribution in [3.05, 3.63) is 34.9 Å². The molecule has 0 aromatic heterocycles. The van der Waals surface area contributed by atoms with Gasteiger partial charge < -0.3 is 20.6 Å². The quantitative estimate of drug-likeness (QED) is 0.331. The minimum atomic E-state index is -1.30. The lowest BCUT2D eigenvalue weighted by molar-refractivity contribution is -0.172. The van der Waals surface area contributed by atoms with Crippen molar-refractivity contribution in [1.29, 1.82) is 0 Å². The van der Waals surface area contributed by atoms with Crippen LogP contribution in [0, 0.1) is 5.92 Å². The number of likely N-dealkylation sites (N-methyl/N-ethyl adjacent to an activating group) is 2. The van der Waals surface area contributed by atoms with E-state index in [-0.39, 0.29) is 24.7 Å². The molecule has 1 aromatic carbocycles. The minimum absolute atomic E-state index is 0.0138. The summed E-state index contributed by atoms with van der Waals surface area (Å²) >= 11 is 6.02. The van der Waals surface area contributed by atoms with Gasteiger partial charge in [0.05, 0.1) is 7.11 Å². The number of carboxylic acid groups (broad SMARTS) is 1. The molecule has 1 aliphatic rings. The van der Waals surface area contributed by atoms with E-state index in [2.05, 4.69) is 10.6 Å². The Kier molecular flexibility index (Phi) is 12.7. The normalized spacial score (nSPS) is 15.4. The first kappa shape index (κ1) is 30.4. The van der Waals surface area contributed by atoms with Crippen LogP contribution >= 0.6 is 11.6 Å². The molecule has 0 unspecified atom stereocenters. The Bertz CT molecular complexity index is 924. The fourth-order valence-electron chi connectivity index (χ4n) is 4.55. The molecule has 0 saturated heterocycles. The van der Waals surface area contributed by atoms with E-state index >= 15 is 0 Å². The van der Waals surface area contributed by atoms with Crippen molar-refractivity contribution in [2.45, 2.75) is 69.9 Å². The third-order valence-corrected chi connectivity index (χ3v) is 7.04. The highest BCUT2D eigenvalue weighted by atomic mass is 35.5. The first-order chi connectivity index (χ1) is 17.6. The number of hydrogen-bond donors (Lipinski definition) is 3. The van der Waals surface area contributed by atoms with Crippen molar-refractivity contribution >= 4 is 35.4 Å². The zero-order chi connectivity index (χ0) is 27.4. The molecule has 11 heteroatoms. The van der Waals surface area contributed by atoms with Crippen LogP contribution in [-0.2, 0) is 25.6 Å². The second-order valence-electron chi connectivity index (χ2n) is 9.56. The fourth-order valence-corrected chi connectivity index (χ4v) is 4.76. The molecule has 1 fully saturated rings. The van der Waals surface area contributed by atoms with Crippen molar-refractivity contribution in [2.24, 2.45) is 5.92 Å². The smallest absolute Gasteiger partial charge is 0.405 e.